The summed E-state index contributed by atoms with van der Waals surface area (Å²) in [5, 5.41) is 10.9. The number of ether oxygens (including phenoxy) is 1. The molecule has 0 saturated carbocycles. The smallest absolute Gasteiger partial charge is 0.140 e. The van der Waals surface area contributed by atoms with Gasteiger partial charge in [-0.15, -0.1) is 0 Å². The van der Waals surface area contributed by atoms with Crippen molar-refractivity contribution in [3.8, 4) is 5.75 Å². The van der Waals surface area contributed by atoms with Crippen LogP contribution in [0.15, 0.2) is 28.7 Å². The van der Waals surface area contributed by atoms with Gasteiger partial charge in [-0.2, -0.15) is 0 Å². The summed E-state index contributed by atoms with van der Waals surface area (Å²) in [5.41, 5.74) is 0.767. The quantitative estimate of drug-likeness (QED) is 0.921. The molecule has 1 aromatic carbocycles. The van der Waals surface area contributed by atoms with Crippen LogP contribution in [-0.2, 0) is 10.3 Å². The highest BCUT2D eigenvalue weighted by Crippen LogP contribution is 2.32. The van der Waals surface area contributed by atoms with Crippen LogP contribution in [0.2, 0.25) is 0 Å². The van der Waals surface area contributed by atoms with Crippen LogP contribution in [0.4, 0.5) is 0 Å². The van der Waals surface area contributed by atoms with Crippen molar-refractivity contribution in [1.29, 1.82) is 0 Å². The first-order chi connectivity index (χ1) is 7.94. The number of rotatable bonds is 2. The summed E-state index contributed by atoms with van der Waals surface area (Å²) >= 11 is 3.41. The van der Waals surface area contributed by atoms with E-state index in [1.807, 2.05) is 32.0 Å². The summed E-state index contributed by atoms with van der Waals surface area (Å²) in [6.45, 7) is 3.75. The minimum atomic E-state index is -0.611. The van der Waals surface area contributed by atoms with Gasteiger partial charge in [-0.1, -0.05) is 22.0 Å². The summed E-state index contributed by atoms with van der Waals surface area (Å²) in [6, 6.07) is 7.47. The zero-order chi connectivity index (χ0) is 12.6. The van der Waals surface area contributed by atoms with E-state index in [2.05, 4.69) is 20.9 Å². The highest BCUT2D eigenvalue weighted by molar-refractivity contribution is 9.10. The molecule has 1 heterocycles. The van der Waals surface area contributed by atoms with Gasteiger partial charge in [0.05, 0.1) is 5.52 Å². The van der Waals surface area contributed by atoms with E-state index >= 15 is 0 Å². The van der Waals surface area contributed by atoms with Crippen molar-refractivity contribution < 1.29 is 9.84 Å². The lowest BCUT2D eigenvalue weighted by atomic mass is 10.0. The van der Waals surface area contributed by atoms with Crippen molar-refractivity contribution in [2.24, 2.45) is 0 Å². The topological polar surface area (TPSA) is 42.4 Å². The Kier molecular flexibility index (Phi) is 3.10. The molecule has 17 heavy (non-hydrogen) atoms. The van der Waals surface area contributed by atoms with Gasteiger partial charge in [-0.05, 0) is 32.0 Å². The van der Waals surface area contributed by atoms with E-state index in [9.17, 15) is 5.11 Å². The molecule has 0 aliphatic carbocycles. The predicted molar refractivity (Wildman–Crippen MR) is 71.1 cm³/mol. The number of pyridine rings is 1. The standard InChI is InChI=1S/C13H14BrNO2/c1-13(2,17-3)12-11(16)6-8-4-5-9(14)7-10(8)15-12/h4-7,16H,1-3H3. The number of hydrogen-bond acceptors (Lipinski definition) is 3. The van der Waals surface area contributed by atoms with Crippen LogP contribution in [0.1, 0.15) is 19.5 Å². The number of methoxy groups -OCH3 is 1. The molecule has 0 atom stereocenters. The minimum absolute atomic E-state index is 0.159. The molecule has 0 amide bonds. The maximum absolute atomic E-state index is 9.99. The summed E-state index contributed by atoms with van der Waals surface area (Å²) in [7, 11) is 1.60. The summed E-state index contributed by atoms with van der Waals surface area (Å²) in [6.07, 6.45) is 0. The van der Waals surface area contributed by atoms with Crippen molar-refractivity contribution in [1.82, 2.24) is 4.98 Å². The second-order valence-electron chi connectivity index (χ2n) is 4.41. The maximum atomic E-state index is 9.99. The third kappa shape index (κ3) is 2.28. The molecule has 0 unspecified atom stereocenters. The van der Waals surface area contributed by atoms with Crippen molar-refractivity contribution in [3.63, 3.8) is 0 Å². The average Bonchev–Trinajstić information content (AvgIpc) is 2.28. The van der Waals surface area contributed by atoms with Gasteiger partial charge in [0, 0.05) is 17.0 Å². The molecule has 1 aromatic heterocycles. The van der Waals surface area contributed by atoms with E-state index in [4.69, 9.17) is 4.74 Å². The zero-order valence-corrected chi connectivity index (χ0v) is 11.6. The Labute approximate surface area is 109 Å². The predicted octanol–water partition coefficient (Wildman–Crippen LogP) is 3.58. The van der Waals surface area contributed by atoms with E-state index in [0.29, 0.717) is 5.69 Å². The molecule has 0 spiro atoms. The van der Waals surface area contributed by atoms with Gasteiger partial charge < -0.3 is 9.84 Å². The molecular weight excluding hydrogens is 282 g/mol. The Balaban J connectivity index is 2.69. The molecule has 3 nitrogen and oxygen atoms in total. The van der Waals surface area contributed by atoms with Gasteiger partial charge in [0.1, 0.15) is 17.0 Å². The maximum Gasteiger partial charge on any atom is 0.140 e. The van der Waals surface area contributed by atoms with Gasteiger partial charge in [0.25, 0.3) is 0 Å². The molecule has 0 fully saturated rings. The second-order valence-corrected chi connectivity index (χ2v) is 5.32. The number of nitrogens with zero attached hydrogens (tertiary/aromatic N) is 1. The fourth-order valence-electron chi connectivity index (χ4n) is 1.67. The second kappa shape index (κ2) is 4.27. The normalized spacial score (nSPS) is 12.0. The molecule has 2 aromatic rings. The number of aromatic nitrogens is 1. The van der Waals surface area contributed by atoms with Crippen molar-refractivity contribution in [3.05, 3.63) is 34.4 Å². The molecule has 90 valence electrons. The third-order valence-corrected chi connectivity index (χ3v) is 3.33. The molecule has 0 aliphatic rings. The molecule has 0 saturated heterocycles. The van der Waals surface area contributed by atoms with Crippen LogP contribution in [0.3, 0.4) is 0 Å². The molecule has 4 heteroatoms. The fourth-order valence-corrected chi connectivity index (χ4v) is 2.02. The Bertz CT molecular complexity index is 567. The lowest BCUT2D eigenvalue weighted by Crippen LogP contribution is -2.21. The first-order valence-corrected chi connectivity index (χ1v) is 6.08. The van der Waals surface area contributed by atoms with Crippen LogP contribution in [0.25, 0.3) is 10.9 Å². The number of aromatic hydroxyl groups is 1. The molecule has 2 rings (SSSR count). The number of benzene rings is 1. The lowest BCUT2D eigenvalue weighted by molar-refractivity contribution is 0.0138. The molecular formula is C13H14BrNO2. The van der Waals surface area contributed by atoms with Crippen molar-refractivity contribution >= 4 is 26.8 Å². The van der Waals surface area contributed by atoms with Crippen LogP contribution in [-0.4, -0.2) is 17.2 Å². The average molecular weight is 296 g/mol. The van der Waals surface area contributed by atoms with E-state index in [1.54, 1.807) is 13.2 Å². The monoisotopic (exact) mass is 295 g/mol. The van der Waals surface area contributed by atoms with E-state index < -0.39 is 5.60 Å². The van der Waals surface area contributed by atoms with Crippen LogP contribution in [0.5, 0.6) is 5.75 Å². The zero-order valence-electron chi connectivity index (χ0n) is 9.99. The minimum Gasteiger partial charge on any atom is -0.506 e. The Morgan fingerprint density at radius 1 is 1.29 bits per heavy atom. The van der Waals surface area contributed by atoms with Gasteiger partial charge in [-0.3, -0.25) is 0 Å². The largest absolute Gasteiger partial charge is 0.506 e. The molecule has 0 bridgehead atoms. The number of halogens is 1. The lowest BCUT2D eigenvalue weighted by Gasteiger charge is -2.23. The Hall–Kier alpha value is -1.13. The Morgan fingerprint density at radius 3 is 2.65 bits per heavy atom. The van der Waals surface area contributed by atoms with Gasteiger partial charge in [0.15, 0.2) is 0 Å². The van der Waals surface area contributed by atoms with Gasteiger partial charge >= 0.3 is 0 Å². The first-order valence-electron chi connectivity index (χ1n) is 5.29. The summed E-state index contributed by atoms with van der Waals surface area (Å²) in [4.78, 5) is 4.47. The summed E-state index contributed by atoms with van der Waals surface area (Å²) in [5.74, 6) is 0.159. The molecule has 1 N–H and O–H groups in total. The van der Waals surface area contributed by atoms with E-state index in [-0.39, 0.29) is 5.75 Å². The van der Waals surface area contributed by atoms with Crippen molar-refractivity contribution in [2.45, 2.75) is 19.4 Å². The first kappa shape index (κ1) is 12.3. The van der Waals surface area contributed by atoms with E-state index in [1.165, 1.54) is 0 Å². The van der Waals surface area contributed by atoms with Gasteiger partial charge in [0.2, 0.25) is 0 Å². The van der Waals surface area contributed by atoms with Crippen LogP contribution in [0, 0.1) is 0 Å². The summed E-state index contributed by atoms with van der Waals surface area (Å²) < 4.78 is 6.31. The fraction of sp³-hybridized carbons (Fsp3) is 0.308. The number of hydrogen-bond donors (Lipinski definition) is 1. The SMILES string of the molecule is COC(C)(C)c1nc2cc(Br)ccc2cc1O. The third-order valence-electron chi connectivity index (χ3n) is 2.84. The highest BCUT2D eigenvalue weighted by atomic mass is 79.9. The molecule has 0 aliphatic heterocycles. The highest BCUT2D eigenvalue weighted by Gasteiger charge is 2.25. The van der Waals surface area contributed by atoms with Gasteiger partial charge in [-0.25, -0.2) is 4.98 Å². The molecule has 0 radical (unpaired) electrons. The Morgan fingerprint density at radius 2 is 2.00 bits per heavy atom. The van der Waals surface area contributed by atoms with Crippen LogP contribution < -0.4 is 0 Å². The van der Waals surface area contributed by atoms with Crippen molar-refractivity contribution in [2.75, 3.05) is 7.11 Å². The van der Waals surface area contributed by atoms with Crippen LogP contribution >= 0.6 is 15.9 Å². The van der Waals surface area contributed by atoms with E-state index in [0.717, 1.165) is 15.4 Å². The number of fused-ring (bicyclic) bond motifs is 1.